The van der Waals surface area contributed by atoms with Gasteiger partial charge in [0.1, 0.15) is 12.1 Å². The average molecular weight is 387 g/mol. The van der Waals surface area contributed by atoms with Crippen LogP contribution in [-0.2, 0) is 21.4 Å². The van der Waals surface area contributed by atoms with Crippen LogP contribution in [-0.4, -0.2) is 46.7 Å². The topological polar surface area (TPSA) is 97.2 Å². The molecule has 0 radical (unpaired) electrons. The van der Waals surface area contributed by atoms with Crippen molar-refractivity contribution in [3.8, 4) is 0 Å². The highest BCUT2D eigenvalue weighted by Gasteiger charge is 2.22. The Morgan fingerprint density at radius 1 is 1.15 bits per heavy atom. The van der Waals surface area contributed by atoms with Gasteiger partial charge >= 0.3 is 0 Å². The van der Waals surface area contributed by atoms with E-state index in [2.05, 4.69) is 15.6 Å². The van der Waals surface area contributed by atoms with Crippen molar-refractivity contribution in [1.82, 2.24) is 19.3 Å². The first-order valence-electron chi connectivity index (χ1n) is 8.45. The molecular formula is C18H21N5O3S. The van der Waals surface area contributed by atoms with Crippen LogP contribution in [0.25, 0.3) is 11.0 Å². The maximum absolute atomic E-state index is 12.5. The number of para-hydroxylation sites is 1. The molecule has 0 bridgehead atoms. The number of nitrogens with zero attached hydrogens (tertiary/aromatic N) is 4. The van der Waals surface area contributed by atoms with Gasteiger partial charge in [-0.1, -0.05) is 17.3 Å². The summed E-state index contributed by atoms with van der Waals surface area (Å²) in [5, 5.41) is 10.7. The second kappa shape index (κ2) is 7.45. The minimum Gasteiger partial charge on any atom is -0.324 e. The van der Waals surface area contributed by atoms with E-state index < -0.39 is 10.0 Å². The number of carbonyl (C=O) groups is 1. The lowest BCUT2D eigenvalue weighted by atomic mass is 10.3. The molecule has 0 aliphatic heterocycles. The molecule has 0 fully saturated rings. The van der Waals surface area contributed by atoms with Gasteiger partial charge in [0.15, 0.2) is 0 Å². The largest absolute Gasteiger partial charge is 0.324 e. The fourth-order valence-electron chi connectivity index (χ4n) is 2.52. The van der Waals surface area contributed by atoms with Crippen molar-refractivity contribution in [3.63, 3.8) is 0 Å². The molecular weight excluding hydrogens is 366 g/mol. The minimum atomic E-state index is -3.55. The zero-order valence-electron chi connectivity index (χ0n) is 15.3. The van der Waals surface area contributed by atoms with Crippen LogP contribution >= 0.6 is 0 Å². The Bertz CT molecular complexity index is 1060. The molecule has 1 aromatic heterocycles. The number of anilines is 1. The molecule has 1 heterocycles. The molecule has 0 atom stereocenters. The summed E-state index contributed by atoms with van der Waals surface area (Å²) in [6, 6.07) is 13.3. The molecule has 8 nitrogen and oxygen atoms in total. The molecule has 3 aromatic rings. The number of fused-ring (bicyclic) bond motifs is 1. The summed E-state index contributed by atoms with van der Waals surface area (Å²) in [4.78, 5) is 12.5. The molecule has 3 rings (SSSR count). The van der Waals surface area contributed by atoms with E-state index in [0.29, 0.717) is 11.2 Å². The molecule has 1 N–H and O–H groups in total. The number of benzene rings is 2. The maximum atomic E-state index is 12.5. The number of hydrogen-bond acceptors (Lipinski definition) is 5. The Hall–Kier alpha value is -2.78. The van der Waals surface area contributed by atoms with Crippen LogP contribution < -0.4 is 5.32 Å². The van der Waals surface area contributed by atoms with Gasteiger partial charge in [0.25, 0.3) is 0 Å². The Labute approximate surface area is 157 Å². The summed E-state index contributed by atoms with van der Waals surface area (Å²) in [7, 11) is -2.01. The standard InChI is InChI=1S/C18H21N5O3S/c1-13(2)22(3)27(25,26)15-10-8-14(9-11-15)19-18(24)12-23-17-7-5-4-6-16(17)20-21-23/h4-11,13H,12H2,1-3H3,(H,19,24). The molecule has 0 unspecified atom stereocenters. The third-order valence-electron chi connectivity index (χ3n) is 4.26. The summed E-state index contributed by atoms with van der Waals surface area (Å²) < 4.78 is 27.7. The molecule has 1 amide bonds. The smallest absolute Gasteiger partial charge is 0.246 e. The van der Waals surface area contributed by atoms with Crippen LogP contribution in [0.1, 0.15) is 13.8 Å². The second-order valence-corrected chi connectivity index (χ2v) is 8.42. The third kappa shape index (κ3) is 3.99. The Morgan fingerprint density at radius 3 is 2.48 bits per heavy atom. The van der Waals surface area contributed by atoms with Gasteiger partial charge in [-0.05, 0) is 50.2 Å². The first-order valence-corrected chi connectivity index (χ1v) is 9.89. The van der Waals surface area contributed by atoms with Crippen molar-refractivity contribution < 1.29 is 13.2 Å². The van der Waals surface area contributed by atoms with E-state index in [9.17, 15) is 13.2 Å². The average Bonchev–Trinajstić information content (AvgIpc) is 3.04. The SMILES string of the molecule is CC(C)N(C)S(=O)(=O)c1ccc(NC(=O)Cn2nnc3ccccc32)cc1. The van der Waals surface area contributed by atoms with Crippen molar-refractivity contribution in [2.24, 2.45) is 0 Å². The predicted molar refractivity (Wildman–Crippen MR) is 103 cm³/mol. The number of sulfonamides is 1. The second-order valence-electron chi connectivity index (χ2n) is 6.42. The molecule has 9 heteroatoms. The summed E-state index contributed by atoms with van der Waals surface area (Å²) in [6.07, 6.45) is 0. The van der Waals surface area contributed by atoms with Crippen molar-refractivity contribution in [1.29, 1.82) is 0 Å². The van der Waals surface area contributed by atoms with E-state index in [1.54, 1.807) is 26.0 Å². The van der Waals surface area contributed by atoms with Crippen LogP contribution in [0.2, 0.25) is 0 Å². The summed E-state index contributed by atoms with van der Waals surface area (Å²) >= 11 is 0. The fraction of sp³-hybridized carbons (Fsp3) is 0.278. The Balaban J connectivity index is 1.70. The van der Waals surface area contributed by atoms with E-state index in [0.717, 1.165) is 5.52 Å². The summed E-state index contributed by atoms with van der Waals surface area (Å²) in [5.41, 5.74) is 2.00. The molecule has 27 heavy (non-hydrogen) atoms. The predicted octanol–water partition coefficient (Wildman–Crippen LogP) is 2.10. The third-order valence-corrected chi connectivity index (χ3v) is 6.30. The Kier molecular flexibility index (Phi) is 5.24. The maximum Gasteiger partial charge on any atom is 0.246 e. The van der Waals surface area contributed by atoms with Crippen LogP contribution in [0, 0.1) is 0 Å². The summed E-state index contributed by atoms with van der Waals surface area (Å²) in [5.74, 6) is -0.277. The minimum absolute atomic E-state index is 0.0106. The molecule has 0 saturated carbocycles. The number of aromatic nitrogens is 3. The van der Waals surface area contributed by atoms with Gasteiger partial charge in [-0.2, -0.15) is 4.31 Å². The zero-order valence-corrected chi connectivity index (χ0v) is 16.1. The van der Waals surface area contributed by atoms with E-state index in [-0.39, 0.29) is 23.4 Å². The number of carbonyl (C=O) groups excluding carboxylic acids is 1. The number of rotatable bonds is 6. The normalized spacial score (nSPS) is 12.0. The van der Waals surface area contributed by atoms with Crippen molar-refractivity contribution in [2.75, 3.05) is 12.4 Å². The highest BCUT2D eigenvalue weighted by molar-refractivity contribution is 7.89. The van der Waals surface area contributed by atoms with Crippen molar-refractivity contribution in [2.45, 2.75) is 31.3 Å². The van der Waals surface area contributed by atoms with Gasteiger partial charge in [-0.3, -0.25) is 4.79 Å². The number of hydrogen-bond donors (Lipinski definition) is 1. The lowest BCUT2D eigenvalue weighted by Crippen LogP contribution is -2.33. The zero-order chi connectivity index (χ0) is 19.6. The van der Waals surface area contributed by atoms with Gasteiger partial charge in [0.2, 0.25) is 15.9 Å². The van der Waals surface area contributed by atoms with Gasteiger partial charge in [-0.15, -0.1) is 5.10 Å². The van der Waals surface area contributed by atoms with Crippen molar-refractivity contribution >= 4 is 32.7 Å². The van der Waals surface area contributed by atoms with E-state index >= 15 is 0 Å². The molecule has 0 aliphatic carbocycles. The highest BCUT2D eigenvalue weighted by Crippen LogP contribution is 2.19. The lowest BCUT2D eigenvalue weighted by Gasteiger charge is -2.21. The first kappa shape index (κ1) is 19.0. The lowest BCUT2D eigenvalue weighted by molar-refractivity contribution is -0.116. The molecule has 0 spiro atoms. The molecule has 142 valence electrons. The summed E-state index contributed by atoms with van der Waals surface area (Å²) in [6.45, 7) is 3.62. The van der Waals surface area contributed by atoms with Gasteiger partial charge in [0.05, 0.1) is 10.4 Å². The number of amides is 1. The Morgan fingerprint density at radius 2 is 1.81 bits per heavy atom. The van der Waals surface area contributed by atoms with Crippen LogP contribution in [0.5, 0.6) is 0 Å². The quantitative estimate of drug-likeness (QED) is 0.699. The van der Waals surface area contributed by atoms with Gasteiger partial charge in [-0.25, -0.2) is 13.1 Å². The van der Waals surface area contributed by atoms with E-state index in [1.807, 2.05) is 24.3 Å². The van der Waals surface area contributed by atoms with E-state index in [4.69, 9.17) is 0 Å². The number of nitrogens with one attached hydrogen (secondary N) is 1. The van der Waals surface area contributed by atoms with Gasteiger partial charge in [0, 0.05) is 18.8 Å². The van der Waals surface area contributed by atoms with Crippen molar-refractivity contribution in [3.05, 3.63) is 48.5 Å². The molecule has 2 aromatic carbocycles. The van der Waals surface area contributed by atoms with Gasteiger partial charge < -0.3 is 5.32 Å². The molecule has 0 aliphatic rings. The monoisotopic (exact) mass is 387 g/mol. The highest BCUT2D eigenvalue weighted by atomic mass is 32.2. The molecule has 0 saturated heterocycles. The van der Waals surface area contributed by atoms with Crippen LogP contribution in [0.15, 0.2) is 53.4 Å². The van der Waals surface area contributed by atoms with Crippen LogP contribution in [0.4, 0.5) is 5.69 Å². The fourth-order valence-corrected chi connectivity index (χ4v) is 3.89. The van der Waals surface area contributed by atoms with E-state index in [1.165, 1.54) is 28.2 Å². The first-order chi connectivity index (χ1) is 12.8. The van der Waals surface area contributed by atoms with Crippen LogP contribution in [0.3, 0.4) is 0 Å².